The number of ether oxygens (including phenoxy) is 1. The van der Waals surface area contributed by atoms with E-state index in [1.165, 1.54) is 17.8 Å². The second-order valence-corrected chi connectivity index (χ2v) is 5.75. The van der Waals surface area contributed by atoms with E-state index in [9.17, 15) is 9.50 Å². The standard InChI is InChI=1S/C14H19FO2S/c15-13-3-1-2-4-14(13)18-10-12(16)9-11-5-7-17-8-6-11/h1-4,11-12,16H,5-10H2. The third kappa shape index (κ3) is 4.26. The van der Waals surface area contributed by atoms with E-state index in [0.29, 0.717) is 16.6 Å². The highest BCUT2D eigenvalue weighted by Gasteiger charge is 2.18. The van der Waals surface area contributed by atoms with Crippen LogP contribution in [0.3, 0.4) is 0 Å². The Morgan fingerprint density at radius 2 is 2.06 bits per heavy atom. The van der Waals surface area contributed by atoms with Crippen LogP contribution < -0.4 is 0 Å². The minimum atomic E-state index is -0.363. The Balaban J connectivity index is 1.74. The average Bonchev–Trinajstić information content (AvgIpc) is 2.39. The molecule has 18 heavy (non-hydrogen) atoms. The molecular formula is C14H19FO2S. The molecule has 100 valence electrons. The quantitative estimate of drug-likeness (QED) is 0.834. The maximum atomic E-state index is 13.4. The van der Waals surface area contributed by atoms with Crippen molar-refractivity contribution in [1.29, 1.82) is 0 Å². The number of rotatable bonds is 5. The van der Waals surface area contributed by atoms with Gasteiger partial charge in [0.15, 0.2) is 0 Å². The molecule has 4 heteroatoms. The lowest BCUT2D eigenvalue weighted by molar-refractivity contribution is 0.0478. The van der Waals surface area contributed by atoms with Crippen LogP contribution in [-0.2, 0) is 4.74 Å². The number of thioether (sulfide) groups is 1. The lowest BCUT2D eigenvalue weighted by Crippen LogP contribution is -2.22. The maximum Gasteiger partial charge on any atom is 0.136 e. The molecule has 1 aliphatic heterocycles. The molecule has 1 unspecified atom stereocenters. The minimum Gasteiger partial charge on any atom is -0.392 e. The maximum absolute atomic E-state index is 13.4. The van der Waals surface area contributed by atoms with Gasteiger partial charge in [0.25, 0.3) is 0 Å². The van der Waals surface area contributed by atoms with Crippen LogP contribution >= 0.6 is 11.8 Å². The second kappa shape index (κ2) is 7.12. The Bertz CT molecular complexity index is 367. The highest BCUT2D eigenvalue weighted by atomic mass is 32.2. The summed E-state index contributed by atoms with van der Waals surface area (Å²) in [5.41, 5.74) is 0. The van der Waals surface area contributed by atoms with Gasteiger partial charge in [-0.1, -0.05) is 12.1 Å². The fourth-order valence-corrected chi connectivity index (χ4v) is 3.07. The topological polar surface area (TPSA) is 29.5 Å². The zero-order chi connectivity index (χ0) is 12.8. The van der Waals surface area contributed by atoms with Gasteiger partial charge in [0, 0.05) is 23.9 Å². The minimum absolute atomic E-state index is 0.208. The molecule has 1 saturated heterocycles. The summed E-state index contributed by atoms with van der Waals surface area (Å²) in [6.45, 7) is 1.61. The van der Waals surface area contributed by atoms with E-state index in [0.717, 1.165) is 32.5 Å². The first kappa shape index (κ1) is 13.8. The fraction of sp³-hybridized carbons (Fsp3) is 0.571. The van der Waals surface area contributed by atoms with E-state index in [1.54, 1.807) is 12.1 Å². The number of hydrogen-bond acceptors (Lipinski definition) is 3. The Labute approximate surface area is 112 Å². The van der Waals surface area contributed by atoms with Gasteiger partial charge in [-0.15, -0.1) is 11.8 Å². The van der Waals surface area contributed by atoms with Gasteiger partial charge in [-0.05, 0) is 37.3 Å². The summed E-state index contributed by atoms with van der Waals surface area (Å²) in [6, 6.07) is 6.70. The summed E-state index contributed by atoms with van der Waals surface area (Å²) in [4.78, 5) is 0.614. The van der Waals surface area contributed by atoms with Crippen LogP contribution in [0.2, 0.25) is 0 Å². The molecule has 1 aliphatic rings. The van der Waals surface area contributed by atoms with Gasteiger partial charge in [-0.2, -0.15) is 0 Å². The van der Waals surface area contributed by atoms with Crippen molar-refractivity contribution in [3.05, 3.63) is 30.1 Å². The van der Waals surface area contributed by atoms with Crippen LogP contribution in [0.15, 0.2) is 29.2 Å². The van der Waals surface area contributed by atoms with Crippen LogP contribution in [0.1, 0.15) is 19.3 Å². The predicted octanol–water partition coefficient (Wildman–Crippen LogP) is 3.10. The molecule has 1 aromatic carbocycles. The van der Waals surface area contributed by atoms with Crippen molar-refractivity contribution in [2.24, 2.45) is 5.92 Å². The molecule has 0 radical (unpaired) electrons. The Kier molecular flexibility index (Phi) is 5.47. The van der Waals surface area contributed by atoms with E-state index >= 15 is 0 Å². The molecule has 0 spiro atoms. The van der Waals surface area contributed by atoms with Gasteiger partial charge in [0.05, 0.1) is 6.10 Å². The Hall–Kier alpha value is -0.580. The molecule has 1 heterocycles. The van der Waals surface area contributed by atoms with Crippen LogP contribution in [0.25, 0.3) is 0 Å². The van der Waals surface area contributed by atoms with Gasteiger partial charge in [0.1, 0.15) is 5.82 Å². The van der Waals surface area contributed by atoms with Crippen molar-refractivity contribution in [3.8, 4) is 0 Å². The van der Waals surface area contributed by atoms with Crippen LogP contribution in [0.5, 0.6) is 0 Å². The van der Waals surface area contributed by atoms with Crippen LogP contribution in [-0.4, -0.2) is 30.2 Å². The lowest BCUT2D eigenvalue weighted by atomic mass is 9.94. The first-order valence-electron chi connectivity index (χ1n) is 6.39. The normalized spacial score (nSPS) is 18.8. The van der Waals surface area contributed by atoms with Crippen molar-refractivity contribution in [2.45, 2.75) is 30.3 Å². The number of benzene rings is 1. The molecule has 2 nitrogen and oxygen atoms in total. The summed E-state index contributed by atoms with van der Waals surface area (Å²) < 4.78 is 18.7. The summed E-state index contributed by atoms with van der Waals surface area (Å²) in [7, 11) is 0. The third-order valence-electron chi connectivity index (χ3n) is 3.21. The Morgan fingerprint density at radius 1 is 1.33 bits per heavy atom. The van der Waals surface area contributed by atoms with Gasteiger partial charge in [-0.3, -0.25) is 0 Å². The highest BCUT2D eigenvalue weighted by molar-refractivity contribution is 7.99. The van der Waals surface area contributed by atoms with E-state index in [4.69, 9.17) is 4.74 Å². The second-order valence-electron chi connectivity index (χ2n) is 4.69. The van der Waals surface area contributed by atoms with Crippen molar-refractivity contribution in [1.82, 2.24) is 0 Å². The third-order valence-corrected chi connectivity index (χ3v) is 4.41. The van der Waals surface area contributed by atoms with Gasteiger partial charge < -0.3 is 9.84 Å². The number of hydrogen-bond donors (Lipinski definition) is 1. The SMILES string of the molecule is OC(CSc1ccccc1F)CC1CCOCC1. The molecular weight excluding hydrogens is 251 g/mol. The molecule has 1 N–H and O–H groups in total. The predicted molar refractivity (Wildman–Crippen MR) is 71.3 cm³/mol. The number of aliphatic hydroxyl groups excluding tert-OH is 1. The zero-order valence-electron chi connectivity index (χ0n) is 10.3. The van der Waals surface area contributed by atoms with E-state index in [-0.39, 0.29) is 11.9 Å². The zero-order valence-corrected chi connectivity index (χ0v) is 11.2. The number of aliphatic hydroxyl groups is 1. The van der Waals surface area contributed by atoms with Gasteiger partial charge in [0.2, 0.25) is 0 Å². The van der Waals surface area contributed by atoms with Crippen molar-refractivity contribution < 1.29 is 14.2 Å². The molecule has 1 aromatic rings. The van der Waals surface area contributed by atoms with Crippen molar-refractivity contribution in [3.63, 3.8) is 0 Å². The number of halogens is 1. The molecule has 0 aromatic heterocycles. The average molecular weight is 270 g/mol. The summed E-state index contributed by atoms with van der Waals surface area (Å²) >= 11 is 1.39. The first-order valence-corrected chi connectivity index (χ1v) is 7.37. The van der Waals surface area contributed by atoms with Crippen LogP contribution in [0, 0.1) is 11.7 Å². The molecule has 0 bridgehead atoms. The van der Waals surface area contributed by atoms with Crippen LogP contribution in [0.4, 0.5) is 4.39 Å². The van der Waals surface area contributed by atoms with Gasteiger partial charge >= 0.3 is 0 Å². The molecule has 2 rings (SSSR count). The summed E-state index contributed by atoms with van der Waals surface area (Å²) in [5.74, 6) is 0.897. The van der Waals surface area contributed by atoms with Crippen molar-refractivity contribution in [2.75, 3.05) is 19.0 Å². The lowest BCUT2D eigenvalue weighted by Gasteiger charge is -2.24. The van der Waals surface area contributed by atoms with E-state index in [1.807, 2.05) is 6.07 Å². The first-order chi connectivity index (χ1) is 8.75. The fourth-order valence-electron chi connectivity index (χ4n) is 2.18. The molecule has 0 aliphatic carbocycles. The molecule has 1 fully saturated rings. The smallest absolute Gasteiger partial charge is 0.136 e. The monoisotopic (exact) mass is 270 g/mol. The summed E-state index contributed by atoms with van der Waals surface area (Å²) in [6.07, 6.45) is 2.49. The van der Waals surface area contributed by atoms with Crippen molar-refractivity contribution >= 4 is 11.8 Å². The van der Waals surface area contributed by atoms with E-state index in [2.05, 4.69) is 0 Å². The van der Waals surface area contributed by atoms with E-state index < -0.39 is 0 Å². The highest BCUT2D eigenvalue weighted by Crippen LogP contribution is 2.25. The Morgan fingerprint density at radius 3 is 2.78 bits per heavy atom. The molecule has 0 saturated carbocycles. The summed E-state index contributed by atoms with van der Waals surface area (Å²) in [5, 5.41) is 9.97. The molecule has 0 amide bonds. The van der Waals surface area contributed by atoms with Gasteiger partial charge in [-0.25, -0.2) is 4.39 Å². The largest absolute Gasteiger partial charge is 0.392 e. The molecule has 1 atom stereocenters.